The zero-order valence-electron chi connectivity index (χ0n) is 14.7. The molecule has 0 spiro atoms. The Hall–Kier alpha value is -1.30. The van der Waals surface area contributed by atoms with E-state index >= 15 is 0 Å². The van der Waals surface area contributed by atoms with Crippen LogP contribution in [0.4, 0.5) is 4.79 Å². The molecule has 2 amide bonds. The second kappa shape index (κ2) is 7.99. The summed E-state index contributed by atoms with van der Waals surface area (Å²) in [7, 11) is 0. The van der Waals surface area contributed by atoms with Crippen LogP contribution in [0.25, 0.3) is 0 Å². The first kappa shape index (κ1) is 18.0. The van der Waals surface area contributed by atoms with Crippen LogP contribution in [0.5, 0.6) is 0 Å². The van der Waals surface area contributed by atoms with Crippen molar-refractivity contribution in [2.24, 2.45) is 5.92 Å². The molecule has 0 radical (unpaired) electrons. The third-order valence-corrected chi connectivity index (χ3v) is 4.56. The van der Waals surface area contributed by atoms with Gasteiger partial charge >= 0.3 is 6.09 Å². The summed E-state index contributed by atoms with van der Waals surface area (Å²) in [4.78, 5) is 25.7. The minimum Gasteiger partial charge on any atom is -0.444 e. The third-order valence-electron chi connectivity index (χ3n) is 4.56. The lowest BCUT2D eigenvalue weighted by Gasteiger charge is -2.32. The molecule has 132 valence electrons. The number of rotatable bonds is 6. The Morgan fingerprint density at radius 2 is 1.83 bits per heavy atom. The lowest BCUT2D eigenvalue weighted by molar-refractivity contribution is -0.133. The number of hydrogen-bond acceptors (Lipinski definition) is 4. The normalized spacial score (nSPS) is 20.0. The monoisotopic (exact) mass is 325 g/mol. The predicted molar refractivity (Wildman–Crippen MR) is 89.2 cm³/mol. The van der Waals surface area contributed by atoms with Gasteiger partial charge in [0.25, 0.3) is 0 Å². The van der Waals surface area contributed by atoms with E-state index in [1.165, 1.54) is 12.8 Å². The smallest absolute Gasteiger partial charge is 0.407 e. The predicted octanol–water partition coefficient (Wildman–Crippen LogP) is 1.89. The number of carbonyl (C=O) groups excluding carboxylic acids is 2. The minimum atomic E-state index is -0.492. The van der Waals surface area contributed by atoms with Crippen molar-refractivity contribution in [2.75, 3.05) is 26.2 Å². The quantitative estimate of drug-likeness (QED) is 0.782. The summed E-state index contributed by atoms with van der Waals surface area (Å²) < 4.78 is 5.29. The molecule has 1 aliphatic heterocycles. The fourth-order valence-electron chi connectivity index (χ4n) is 3.17. The molecule has 1 saturated carbocycles. The summed E-state index contributed by atoms with van der Waals surface area (Å²) in [5, 5.41) is 6.22. The van der Waals surface area contributed by atoms with Crippen LogP contribution in [0.15, 0.2) is 0 Å². The molecule has 0 aromatic carbocycles. The maximum absolute atomic E-state index is 12.0. The Morgan fingerprint density at radius 3 is 2.35 bits per heavy atom. The Labute approximate surface area is 139 Å². The van der Waals surface area contributed by atoms with Gasteiger partial charge in [0.2, 0.25) is 5.91 Å². The fourth-order valence-corrected chi connectivity index (χ4v) is 3.17. The minimum absolute atomic E-state index is 0.134. The summed E-state index contributed by atoms with van der Waals surface area (Å²) in [6.07, 6.45) is 5.50. The summed E-state index contributed by atoms with van der Waals surface area (Å²) in [5.74, 6) is 0.686. The van der Waals surface area contributed by atoms with Crippen LogP contribution in [0.2, 0.25) is 0 Å². The molecular formula is C17H31N3O3. The van der Waals surface area contributed by atoms with Gasteiger partial charge in [0.15, 0.2) is 0 Å². The first-order chi connectivity index (χ1) is 10.8. The van der Waals surface area contributed by atoms with Crippen molar-refractivity contribution in [1.82, 2.24) is 15.5 Å². The maximum Gasteiger partial charge on any atom is 0.407 e. The van der Waals surface area contributed by atoms with Crippen LogP contribution < -0.4 is 10.6 Å². The highest BCUT2D eigenvalue weighted by atomic mass is 16.6. The molecule has 1 saturated heterocycles. The molecule has 2 aliphatic rings. The molecule has 0 unspecified atom stereocenters. The molecule has 2 N–H and O–H groups in total. The number of nitrogens with one attached hydrogen (secondary N) is 2. The molecule has 2 fully saturated rings. The molecule has 0 aromatic rings. The van der Waals surface area contributed by atoms with E-state index in [-0.39, 0.29) is 11.9 Å². The van der Waals surface area contributed by atoms with Gasteiger partial charge in [-0.2, -0.15) is 0 Å². The molecule has 6 heteroatoms. The van der Waals surface area contributed by atoms with E-state index in [0.29, 0.717) is 19.0 Å². The number of likely N-dealkylation sites (tertiary alicyclic amines) is 1. The number of amides is 2. The lowest BCUT2D eigenvalue weighted by Crippen LogP contribution is -2.51. The summed E-state index contributed by atoms with van der Waals surface area (Å²) in [6, 6.07) is 0.134. The third kappa shape index (κ3) is 6.01. The van der Waals surface area contributed by atoms with Gasteiger partial charge in [-0.25, -0.2) is 4.79 Å². The van der Waals surface area contributed by atoms with Crippen molar-refractivity contribution in [2.45, 2.75) is 64.5 Å². The zero-order valence-corrected chi connectivity index (χ0v) is 14.7. The number of nitrogens with zero attached hydrogens (tertiary/aromatic N) is 1. The van der Waals surface area contributed by atoms with Crippen molar-refractivity contribution in [3.05, 3.63) is 0 Å². The largest absolute Gasteiger partial charge is 0.444 e. The van der Waals surface area contributed by atoms with Crippen LogP contribution in [-0.2, 0) is 9.53 Å². The first-order valence-corrected chi connectivity index (χ1v) is 8.83. The molecule has 0 bridgehead atoms. The molecule has 1 aliphatic carbocycles. The van der Waals surface area contributed by atoms with Gasteiger partial charge in [-0.3, -0.25) is 4.79 Å². The number of hydrogen-bond donors (Lipinski definition) is 2. The topological polar surface area (TPSA) is 70.7 Å². The van der Waals surface area contributed by atoms with Crippen LogP contribution in [0, 0.1) is 5.92 Å². The first-order valence-electron chi connectivity index (χ1n) is 8.83. The molecular weight excluding hydrogens is 294 g/mol. The SMILES string of the molecule is CC(C)(C)OC(=O)NC[C@H](NCC(=O)N1CCC1)C1CCCC1. The van der Waals surface area contributed by atoms with Crippen molar-refractivity contribution in [3.63, 3.8) is 0 Å². The number of carbonyl (C=O) groups is 2. The Morgan fingerprint density at radius 1 is 1.17 bits per heavy atom. The molecule has 1 heterocycles. The van der Waals surface area contributed by atoms with Gasteiger partial charge in [0.1, 0.15) is 5.60 Å². The summed E-state index contributed by atoms with van der Waals surface area (Å²) >= 11 is 0. The molecule has 0 aromatic heterocycles. The van der Waals surface area contributed by atoms with E-state index in [1.54, 1.807) is 0 Å². The fraction of sp³-hybridized carbons (Fsp3) is 0.882. The number of alkyl carbamates (subject to hydrolysis) is 1. The van der Waals surface area contributed by atoms with Crippen molar-refractivity contribution in [3.8, 4) is 0 Å². The second-order valence-electron chi connectivity index (χ2n) is 7.65. The van der Waals surface area contributed by atoms with Crippen LogP contribution in [0.1, 0.15) is 52.9 Å². The molecule has 1 atom stereocenters. The van der Waals surface area contributed by atoms with E-state index in [4.69, 9.17) is 4.74 Å². The Bertz CT molecular complexity index is 410. The van der Waals surface area contributed by atoms with Crippen molar-refractivity contribution >= 4 is 12.0 Å². The lowest BCUT2D eigenvalue weighted by atomic mass is 9.98. The average molecular weight is 325 g/mol. The van der Waals surface area contributed by atoms with Gasteiger partial charge in [0, 0.05) is 25.7 Å². The van der Waals surface area contributed by atoms with Crippen molar-refractivity contribution < 1.29 is 14.3 Å². The average Bonchev–Trinajstić information content (AvgIpc) is 2.88. The van der Waals surface area contributed by atoms with Crippen LogP contribution >= 0.6 is 0 Å². The molecule has 6 nitrogen and oxygen atoms in total. The van der Waals surface area contributed by atoms with E-state index in [9.17, 15) is 9.59 Å². The maximum atomic E-state index is 12.0. The van der Waals surface area contributed by atoms with Gasteiger partial charge in [-0.1, -0.05) is 12.8 Å². The van der Waals surface area contributed by atoms with Gasteiger partial charge < -0.3 is 20.3 Å². The van der Waals surface area contributed by atoms with Crippen molar-refractivity contribution in [1.29, 1.82) is 0 Å². The van der Waals surface area contributed by atoms with E-state index in [1.807, 2.05) is 25.7 Å². The van der Waals surface area contributed by atoms with Crippen LogP contribution in [0.3, 0.4) is 0 Å². The number of ether oxygens (including phenoxy) is 1. The Balaban J connectivity index is 1.79. The zero-order chi connectivity index (χ0) is 16.9. The standard InChI is InChI=1S/C17H31N3O3/c1-17(2,3)23-16(22)19-11-14(13-7-4-5-8-13)18-12-15(21)20-9-6-10-20/h13-14,18H,4-12H2,1-3H3,(H,19,22)/t14-/m0/s1. The molecule has 23 heavy (non-hydrogen) atoms. The highest BCUT2D eigenvalue weighted by molar-refractivity contribution is 5.79. The van der Waals surface area contributed by atoms with Gasteiger partial charge in [-0.05, 0) is 46.0 Å². The highest BCUT2D eigenvalue weighted by Crippen LogP contribution is 2.27. The van der Waals surface area contributed by atoms with Crippen LogP contribution in [-0.4, -0.2) is 54.7 Å². The highest BCUT2D eigenvalue weighted by Gasteiger charge is 2.28. The van der Waals surface area contributed by atoms with Gasteiger partial charge in [0.05, 0.1) is 6.54 Å². The van der Waals surface area contributed by atoms with E-state index in [2.05, 4.69) is 10.6 Å². The molecule has 2 rings (SSSR count). The van der Waals surface area contributed by atoms with Gasteiger partial charge in [-0.15, -0.1) is 0 Å². The Kier molecular flexibility index (Phi) is 6.27. The van der Waals surface area contributed by atoms with E-state index < -0.39 is 11.7 Å². The summed E-state index contributed by atoms with van der Waals surface area (Å²) in [5.41, 5.74) is -0.492. The summed E-state index contributed by atoms with van der Waals surface area (Å²) in [6.45, 7) is 8.18. The van der Waals surface area contributed by atoms with E-state index in [0.717, 1.165) is 32.4 Å². The second-order valence-corrected chi connectivity index (χ2v) is 7.65.